The summed E-state index contributed by atoms with van der Waals surface area (Å²) in [4.78, 5) is 26.0. The first kappa shape index (κ1) is 14.9. The topological polar surface area (TPSA) is 83.2 Å². The summed E-state index contributed by atoms with van der Waals surface area (Å²) in [6.45, 7) is 2.06. The van der Waals surface area contributed by atoms with Crippen molar-refractivity contribution in [2.75, 3.05) is 13.7 Å². The SMILES string of the molecule is COC(=O)C(C)NC(=O)NCCc1c[nH]c2ccccc12. The lowest BCUT2D eigenvalue weighted by Gasteiger charge is -2.12. The first-order chi connectivity index (χ1) is 10.1. The van der Waals surface area contributed by atoms with Crippen LogP contribution in [0.15, 0.2) is 30.5 Å². The standard InChI is InChI=1S/C15H19N3O3/c1-10(14(19)21-2)18-15(20)16-8-7-11-9-17-13-6-4-3-5-12(11)13/h3-6,9-10,17H,7-8H2,1-2H3,(H2,16,18,20). The van der Waals surface area contributed by atoms with Crippen molar-refractivity contribution < 1.29 is 14.3 Å². The second-order valence-electron chi connectivity index (χ2n) is 4.75. The molecule has 1 atom stereocenters. The Morgan fingerprint density at radius 2 is 2.10 bits per heavy atom. The molecule has 112 valence electrons. The van der Waals surface area contributed by atoms with Crippen molar-refractivity contribution in [1.29, 1.82) is 0 Å². The van der Waals surface area contributed by atoms with Crippen molar-refractivity contribution in [3.63, 3.8) is 0 Å². The second kappa shape index (κ2) is 6.78. The van der Waals surface area contributed by atoms with E-state index < -0.39 is 12.0 Å². The largest absolute Gasteiger partial charge is 0.467 e. The predicted octanol–water partition coefficient (Wildman–Crippen LogP) is 1.57. The third-order valence-corrected chi connectivity index (χ3v) is 3.26. The van der Waals surface area contributed by atoms with Crippen LogP contribution in [0.1, 0.15) is 12.5 Å². The van der Waals surface area contributed by atoms with E-state index >= 15 is 0 Å². The van der Waals surface area contributed by atoms with E-state index in [0.29, 0.717) is 13.0 Å². The Bertz CT molecular complexity index is 636. The number of urea groups is 1. The lowest BCUT2D eigenvalue weighted by Crippen LogP contribution is -2.45. The van der Waals surface area contributed by atoms with Gasteiger partial charge in [-0.15, -0.1) is 0 Å². The van der Waals surface area contributed by atoms with Gasteiger partial charge in [-0.2, -0.15) is 0 Å². The molecule has 2 amide bonds. The van der Waals surface area contributed by atoms with E-state index in [1.807, 2.05) is 30.5 Å². The molecule has 0 radical (unpaired) electrons. The smallest absolute Gasteiger partial charge is 0.328 e. The van der Waals surface area contributed by atoms with Gasteiger partial charge in [-0.1, -0.05) is 18.2 Å². The van der Waals surface area contributed by atoms with Crippen LogP contribution in [0.25, 0.3) is 10.9 Å². The quantitative estimate of drug-likeness (QED) is 0.731. The summed E-state index contributed by atoms with van der Waals surface area (Å²) in [7, 11) is 1.29. The van der Waals surface area contributed by atoms with Gasteiger partial charge in [0.25, 0.3) is 0 Å². The minimum absolute atomic E-state index is 0.382. The third-order valence-electron chi connectivity index (χ3n) is 3.26. The summed E-state index contributed by atoms with van der Waals surface area (Å²) in [6, 6.07) is 6.97. The van der Waals surface area contributed by atoms with Crippen LogP contribution in [-0.2, 0) is 16.0 Å². The summed E-state index contributed by atoms with van der Waals surface area (Å²) in [5.74, 6) is -0.471. The number of fused-ring (bicyclic) bond motifs is 1. The number of rotatable bonds is 5. The average molecular weight is 289 g/mol. The van der Waals surface area contributed by atoms with Crippen molar-refractivity contribution in [3.05, 3.63) is 36.0 Å². The molecule has 1 aromatic heterocycles. The van der Waals surface area contributed by atoms with E-state index in [-0.39, 0.29) is 6.03 Å². The molecule has 2 rings (SSSR count). The van der Waals surface area contributed by atoms with Gasteiger partial charge in [0.2, 0.25) is 0 Å². The molecule has 0 aliphatic carbocycles. The van der Waals surface area contributed by atoms with Crippen LogP contribution in [0.4, 0.5) is 4.79 Å². The highest BCUT2D eigenvalue weighted by atomic mass is 16.5. The fourth-order valence-corrected chi connectivity index (χ4v) is 2.13. The molecule has 0 saturated carbocycles. The molecule has 6 nitrogen and oxygen atoms in total. The number of carbonyl (C=O) groups is 2. The summed E-state index contributed by atoms with van der Waals surface area (Å²) >= 11 is 0. The van der Waals surface area contributed by atoms with Crippen LogP contribution in [0.3, 0.4) is 0 Å². The van der Waals surface area contributed by atoms with Crippen molar-refractivity contribution in [2.24, 2.45) is 0 Å². The van der Waals surface area contributed by atoms with Gasteiger partial charge in [0.15, 0.2) is 0 Å². The molecular formula is C15H19N3O3. The lowest BCUT2D eigenvalue weighted by atomic mass is 10.1. The maximum Gasteiger partial charge on any atom is 0.328 e. The van der Waals surface area contributed by atoms with Gasteiger partial charge in [0, 0.05) is 23.6 Å². The molecule has 21 heavy (non-hydrogen) atoms. The Balaban J connectivity index is 1.81. The fourth-order valence-electron chi connectivity index (χ4n) is 2.13. The normalized spacial score (nSPS) is 11.9. The number of hydrogen-bond donors (Lipinski definition) is 3. The van der Waals surface area contributed by atoms with E-state index in [4.69, 9.17) is 0 Å². The number of ether oxygens (including phenoxy) is 1. The molecule has 2 aromatic rings. The highest BCUT2D eigenvalue weighted by Gasteiger charge is 2.15. The number of amides is 2. The van der Waals surface area contributed by atoms with E-state index in [0.717, 1.165) is 16.5 Å². The zero-order valence-electron chi connectivity index (χ0n) is 12.1. The molecule has 3 N–H and O–H groups in total. The first-order valence-corrected chi connectivity index (χ1v) is 6.79. The summed E-state index contributed by atoms with van der Waals surface area (Å²) < 4.78 is 4.54. The number of nitrogens with one attached hydrogen (secondary N) is 3. The van der Waals surface area contributed by atoms with Crippen LogP contribution in [0, 0.1) is 0 Å². The molecule has 0 aliphatic rings. The van der Waals surface area contributed by atoms with Gasteiger partial charge in [0.05, 0.1) is 7.11 Å². The third kappa shape index (κ3) is 3.75. The second-order valence-corrected chi connectivity index (χ2v) is 4.75. The molecule has 1 unspecified atom stereocenters. The van der Waals surface area contributed by atoms with E-state index in [1.54, 1.807) is 6.92 Å². The average Bonchev–Trinajstić information content (AvgIpc) is 2.90. The fraction of sp³-hybridized carbons (Fsp3) is 0.333. The van der Waals surface area contributed by atoms with Gasteiger partial charge in [0.1, 0.15) is 6.04 Å². The zero-order valence-corrected chi connectivity index (χ0v) is 12.1. The van der Waals surface area contributed by atoms with Crippen molar-refractivity contribution >= 4 is 22.9 Å². The van der Waals surface area contributed by atoms with Crippen LogP contribution < -0.4 is 10.6 Å². The van der Waals surface area contributed by atoms with Crippen molar-refractivity contribution in [3.8, 4) is 0 Å². The lowest BCUT2D eigenvalue weighted by molar-refractivity contribution is -0.142. The molecule has 1 aromatic carbocycles. The molecule has 0 fully saturated rings. The Morgan fingerprint density at radius 1 is 1.33 bits per heavy atom. The van der Waals surface area contributed by atoms with Gasteiger partial charge in [-0.25, -0.2) is 9.59 Å². The van der Waals surface area contributed by atoms with Crippen LogP contribution in [0.5, 0.6) is 0 Å². The van der Waals surface area contributed by atoms with Gasteiger partial charge in [-0.3, -0.25) is 0 Å². The number of H-pyrrole nitrogens is 1. The maximum absolute atomic E-state index is 11.6. The van der Waals surface area contributed by atoms with Gasteiger partial charge >= 0.3 is 12.0 Å². The number of methoxy groups -OCH3 is 1. The first-order valence-electron chi connectivity index (χ1n) is 6.79. The minimum Gasteiger partial charge on any atom is -0.467 e. The van der Waals surface area contributed by atoms with Crippen LogP contribution in [-0.4, -0.2) is 36.7 Å². The Kier molecular flexibility index (Phi) is 4.81. The van der Waals surface area contributed by atoms with Crippen LogP contribution >= 0.6 is 0 Å². The number of aromatic amines is 1. The molecule has 1 heterocycles. The molecule has 0 aliphatic heterocycles. The van der Waals surface area contributed by atoms with E-state index in [2.05, 4.69) is 20.4 Å². The number of carbonyl (C=O) groups excluding carboxylic acids is 2. The van der Waals surface area contributed by atoms with E-state index in [9.17, 15) is 9.59 Å². The van der Waals surface area contributed by atoms with Gasteiger partial charge in [-0.05, 0) is 25.0 Å². The Labute approximate surface area is 122 Å². The van der Waals surface area contributed by atoms with Crippen molar-refractivity contribution in [1.82, 2.24) is 15.6 Å². The Morgan fingerprint density at radius 3 is 2.86 bits per heavy atom. The highest BCUT2D eigenvalue weighted by molar-refractivity contribution is 5.84. The molecule has 0 spiro atoms. The monoisotopic (exact) mass is 289 g/mol. The number of hydrogen-bond acceptors (Lipinski definition) is 3. The molecule has 0 saturated heterocycles. The number of esters is 1. The summed E-state index contributed by atoms with van der Waals surface area (Å²) in [5, 5.41) is 6.39. The minimum atomic E-state index is -0.664. The number of aromatic nitrogens is 1. The molecular weight excluding hydrogens is 270 g/mol. The predicted molar refractivity (Wildman–Crippen MR) is 80.0 cm³/mol. The van der Waals surface area contributed by atoms with Crippen LogP contribution in [0.2, 0.25) is 0 Å². The zero-order chi connectivity index (χ0) is 15.2. The molecule has 0 bridgehead atoms. The number of benzene rings is 1. The number of para-hydroxylation sites is 1. The highest BCUT2D eigenvalue weighted by Crippen LogP contribution is 2.17. The maximum atomic E-state index is 11.6. The molecule has 6 heteroatoms. The van der Waals surface area contributed by atoms with Crippen molar-refractivity contribution in [2.45, 2.75) is 19.4 Å². The Hall–Kier alpha value is -2.50. The summed E-state index contributed by atoms with van der Waals surface area (Å²) in [6.07, 6.45) is 2.66. The van der Waals surface area contributed by atoms with Gasteiger partial charge < -0.3 is 20.4 Å². The van der Waals surface area contributed by atoms with E-state index in [1.165, 1.54) is 7.11 Å². The summed E-state index contributed by atoms with van der Waals surface area (Å²) in [5.41, 5.74) is 2.23.